The molecule has 2 rings (SSSR count). The number of hydrogen-bond donors (Lipinski definition) is 0. The average molecular weight is 362 g/mol. The Kier molecular flexibility index (Phi) is 5.01. The van der Waals surface area contributed by atoms with Gasteiger partial charge in [-0.3, -0.25) is 9.59 Å². The predicted octanol–water partition coefficient (Wildman–Crippen LogP) is 4.37. The van der Waals surface area contributed by atoms with Crippen LogP contribution < -0.4 is 4.74 Å². The standard InChI is InChI=1S/C18H18BrO3/c1-10(2)15-9-17(21)11(3)7-16(15)14-6-5-13(19)8-18(14)22-12(4)20/h5,7-8,15-16H,1,9H2,2-4H3. The summed E-state index contributed by atoms with van der Waals surface area (Å²) in [5.41, 5.74) is 2.44. The highest BCUT2D eigenvalue weighted by Crippen LogP contribution is 2.42. The Morgan fingerprint density at radius 3 is 2.73 bits per heavy atom. The maximum atomic E-state index is 12.0. The Morgan fingerprint density at radius 2 is 2.14 bits per heavy atom. The minimum Gasteiger partial charge on any atom is -0.426 e. The average Bonchev–Trinajstić information content (AvgIpc) is 2.41. The van der Waals surface area contributed by atoms with Crippen molar-refractivity contribution in [2.24, 2.45) is 5.92 Å². The summed E-state index contributed by atoms with van der Waals surface area (Å²) in [5.74, 6) is 0.139. The van der Waals surface area contributed by atoms with Crippen LogP contribution in [-0.2, 0) is 9.59 Å². The molecule has 0 saturated heterocycles. The molecule has 1 radical (unpaired) electrons. The molecule has 0 N–H and O–H groups in total. The zero-order valence-corrected chi connectivity index (χ0v) is 14.5. The normalized spacial score (nSPS) is 21.3. The molecule has 1 aliphatic rings. The van der Waals surface area contributed by atoms with Gasteiger partial charge in [-0.25, -0.2) is 0 Å². The van der Waals surface area contributed by atoms with Gasteiger partial charge in [-0.05, 0) is 43.5 Å². The number of esters is 1. The second-order valence-corrected chi connectivity index (χ2v) is 6.56. The van der Waals surface area contributed by atoms with Crippen molar-refractivity contribution in [1.82, 2.24) is 0 Å². The molecular weight excluding hydrogens is 344 g/mol. The highest BCUT2D eigenvalue weighted by atomic mass is 79.9. The molecule has 0 bridgehead atoms. The quantitative estimate of drug-likeness (QED) is 0.456. The number of halogens is 1. The molecule has 4 heteroatoms. The van der Waals surface area contributed by atoms with Gasteiger partial charge in [-0.15, -0.1) is 0 Å². The van der Waals surface area contributed by atoms with Gasteiger partial charge in [0, 0.05) is 29.3 Å². The van der Waals surface area contributed by atoms with Crippen molar-refractivity contribution in [2.45, 2.75) is 33.1 Å². The van der Waals surface area contributed by atoms with E-state index in [0.717, 1.165) is 21.2 Å². The molecule has 0 fully saturated rings. The minimum atomic E-state index is -0.382. The Balaban J connectivity index is 2.54. The van der Waals surface area contributed by atoms with Crippen molar-refractivity contribution in [3.8, 4) is 5.75 Å². The summed E-state index contributed by atoms with van der Waals surface area (Å²) in [6.45, 7) is 9.11. The lowest BCUT2D eigenvalue weighted by atomic mass is 9.73. The Hall–Kier alpha value is -1.68. The number of benzene rings is 1. The highest BCUT2D eigenvalue weighted by Gasteiger charge is 2.32. The third-order valence-corrected chi connectivity index (χ3v) is 4.29. The van der Waals surface area contributed by atoms with Crippen LogP contribution in [0.5, 0.6) is 5.75 Å². The lowest BCUT2D eigenvalue weighted by molar-refractivity contribution is -0.132. The lowest BCUT2D eigenvalue weighted by Gasteiger charge is -2.30. The first kappa shape index (κ1) is 16.7. The summed E-state index contributed by atoms with van der Waals surface area (Å²) >= 11 is 3.37. The highest BCUT2D eigenvalue weighted by molar-refractivity contribution is 9.10. The van der Waals surface area contributed by atoms with Gasteiger partial charge < -0.3 is 4.74 Å². The van der Waals surface area contributed by atoms with E-state index >= 15 is 0 Å². The molecule has 2 unspecified atom stereocenters. The van der Waals surface area contributed by atoms with Gasteiger partial charge in [0.2, 0.25) is 0 Å². The summed E-state index contributed by atoms with van der Waals surface area (Å²) in [7, 11) is 0. The van der Waals surface area contributed by atoms with E-state index < -0.39 is 0 Å². The molecule has 1 aromatic rings. The van der Waals surface area contributed by atoms with Crippen molar-refractivity contribution >= 4 is 27.7 Å². The van der Waals surface area contributed by atoms with E-state index in [0.29, 0.717) is 12.2 Å². The van der Waals surface area contributed by atoms with Crippen molar-refractivity contribution in [1.29, 1.82) is 0 Å². The Morgan fingerprint density at radius 1 is 1.45 bits per heavy atom. The maximum absolute atomic E-state index is 12.0. The van der Waals surface area contributed by atoms with Crippen molar-refractivity contribution < 1.29 is 14.3 Å². The van der Waals surface area contributed by atoms with Crippen LogP contribution in [0.25, 0.3) is 0 Å². The molecule has 115 valence electrons. The van der Waals surface area contributed by atoms with Crippen LogP contribution in [0.4, 0.5) is 0 Å². The van der Waals surface area contributed by atoms with E-state index in [1.807, 2.05) is 19.9 Å². The number of ketones is 1. The van der Waals surface area contributed by atoms with Gasteiger partial charge in [-0.1, -0.05) is 34.2 Å². The largest absolute Gasteiger partial charge is 0.426 e. The second kappa shape index (κ2) is 6.61. The SMILES string of the molecule is C=C(C)C1CC(=O)C(C)=CC1c1[c]cc(Br)cc1OC(C)=O. The number of carbonyl (C=O) groups excluding carboxylic acids is 2. The van der Waals surface area contributed by atoms with Gasteiger partial charge in [0.05, 0.1) is 0 Å². The van der Waals surface area contributed by atoms with Crippen LogP contribution in [-0.4, -0.2) is 11.8 Å². The fourth-order valence-corrected chi connectivity index (χ4v) is 3.02. The smallest absolute Gasteiger partial charge is 0.308 e. The molecule has 22 heavy (non-hydrogen) atoms. The summed E-state index contributed by atoms with van der Waals surface area (Å²) in [6, 6.07) is 6.72. The number of rotatable bonds is 3. The zero-order valence-electron chi connectivity index (χ0n) is 12.9. The predicted molar refractivity (Wildman–Crippen MR) is 88.7 cm³/mol. The first-order valence-electron chi connectivity index (χ1n) is 7.06. The third kappa shape index (κ3) is 3.55. The summed E-state index contributed by atoms with van der Waals surface area (Å²) < 4.78 is 6.11. The van der Waals surface area contributed by atoms with Crippen LogP contribution in [0.15, 0.2) is 40.4 Å². The number of hydrogen-bond acceptors (Lipinski definition) is 3. The Bertz CT molecular complexity index is 673. The van der Waals surface area contributed by atoms with Gasteiger partial charge >= 0.3 is 5.97 Å². The molecule has 0 aromatic heterocycles. The lowest BCUT2D eigenvalue weighted by Crippen LogP contribution is -2.23. The van der Waals surface area contributed by atoms with Crippen LogP contribution in [0, 0.1) is 12.0 Å². The van der Waals surface area contributed by atoms with Gasteiger partial charge in [-0.2, -0.15) is 0 Å². The molecule has 1 aromatic carbocycles. The number of Topliss-reactive ketones (excluding diaryl/α,β-unsaturated/α-hetero) is 1. The fraction of sp³-hybridized carbons (Fsp3) is 0.333. The van der Waals surface area contributed by atoms with Crippen LogP contribution in [0.3, 0.4) is 0 Å². The number of allylic oxidation sites excluding steroid dienone is 3. The summed E-state index contributed by atoms with van der Waals surface area (Å²) in [5, 5.41) is 0. The molecular formula is C18H18BrO3. The van der Waals surface area contributed by atoms with E-state index in [1.165, 1.54) is 6.92 Å². The minimum absolute atomic E-state index is 0.0112. The van der Waals surface area contributed by atoms with Gasteiger partial charge in [0.25, 0.3) is 0 Å². The van der Waals surface area contributed by atoms with Crippen LogP contribution in [0.1, 0.15) is 38.7 Å². The van der Waals surface area contributed by atoms with E-state index in [2.05, 4.69) is 28.6 Å². The molecule has 0 aliphatic heterocycles. The monoisotopic (exact) mass is 361 g/mol. The topological polar surface area (TPSA) is 43.4 Å². The molecule has 0 saturated carbocycles. The third-order valence-electron chi connectivity index (χ3n) is 3.83. The first-order valence-corrected chi connectivity index (χ1v) is 7.85. The van der Waals surface area contributed by atoms with E-state index in [1.54, 1.807) is 12.1 Å². The van der Waals surface area contributed by atoms with Crippen molar-refractivity contribution in [3.63, 3.8) is 0 Å². The first-order chi connectivity index (χ1) is 10.3. The molecule has 2 atom stereocenters. The maximum Gasteiger partial charge on any atom is 0.308 e. The van der Waals surface area contributed by atoms with Crippen LogP contribution >= 0.6 is 15.9 Å². The summed E-state index contributed by atoms with van der Waals surface area (Å²) in [4.78, 5) is 23.3. The molecule has 0 spiro atoms. The van der Waals surface area contributed by atoms with Gasteiger partial charge in [0.15, 0.2) is 5.78 Å². The molecule has 3 nitrogen and oxygen atoms in total. The van der Waals surface area contributed by atoms with Gasteiger partial charge in [0.1, 0.15) is 5.75 Å². The van der Waals surface area contributed by atoms with E-state index in [9.17, 15) is 9.59 Å². The zero-order chi connectivity index (χ0) is 16.4. The Labute approximate surface area is 139 Å². The molecule has 1 aliphatic carbocycles. The number of ether oxygens (including phenoxy) is 1. The number of carbonyl (C=O) groups is 2. The molecule has 0 heterocycles. The van der Waals surface area contributed by atoms with E-state index in [4.69, 9.17) is 4.74 Å². The second-order valence-electron chi connectivity index (χ2n) is 5.65. The van der Waals surface area contributed by atoms with E-state index in [-0.39, 0.29) is 23.6 Å². The fourth-order valence-electron chi connectivity index (χ4n) is 2.69. The van der Waals surface area contributed by atoms with Crippen molar-refractivity contribution in [2.75, 3.05) is 0 Å². The van der Waals surface area contributed by atoms with Crippen molar-refractivity contribution in [3.05, 3.63) is 52.0 Å². The molecule has 0 amide bonds. The van der Waals surface area contributed by atoms with Crippen LogP contribution in [0.2, 0.25) is 0 Å². The summed E-state index contributed by atoms with van der Waals surface area (Å²) in [6.07, 6.45) is 2.35.